The Kier molecular flexibility index (Phi) is 5.19. The van der Waals surface area contributed by atoms with Crippen LogP contribution in [0.1, 0.15) is 21.8 Å². The van der Waals surface area contributed by atoms with E-state index in [1.807, 2.05) is 17.5 Å². The molecule has 1 atom stereocenters. The molecule has 22 heavy (non-hydrogen) atoms. The van der Waals surface area contributed by atoms with E-state index in [9.17, 15) is 18.4 Å². The first-order chi connectivity index (χ1) is 10.4. The Morgan fingerprint density at radius 1 is 1.45 bits per heavy atom. The number of thiazole rings is 1. The molecule has 0 bridgehead atoms. The van der Waals surface area contributed by atoms with Crippen LogP contribution in [0.2, 0.25) is 0 Å². The molecule has 0 aliphatic carbocycles. The number of thiophene rings is 1. The number of halogens is 2. The van der Waals surface area contributed by atoms with Crippen LogP contribution in [0.5, 0.6) is 0 Å². The van der Waals surface area contributed by atoms with Gasteiger partial charge in [-0.05, 0) is 18.4 Å². The van der Waals surface area contributed by atoms with E-state index < -0.39 is 30.8 Å². The van der Waals surface area contributed by atoms with Gasteiger partial charge in [0, 0.05) is 6.42 Å². The summed E-state index contributed by atoms with van der Waals surface area (Å²) in [6, 6.07) is 2.07. The van der Waals surface area contributed by atoms with Gasteiger partial charge in [0.2, 0.25) is 6.43 Å². The molecular formula is C13H12F2N2O3S2. The van der Waals surface area contributed by atoms with Crippen LogP contribution in [0.4, 0.5) is 8.78 Å². The minimum Gasteiger partial charge on any atom is -0.480 e. The number of rotatable bonds is 6. The SMILES string of the molecule is Cc1nc(-c2cccs2)sc1C(=O)NC(CC(F)F)C(=O)O. The van der Waals surface area contributed by atoms with Crippen molar-refractivity contribution < 1.29 is 23.5 Å². The number of carbonyl (C=O) groups excluding carboxylic acids is 1. The Morgan fingerprint density at radius 3 is 2.73 bits per heavy atom. The Balaban J connectivity index is 2.17. The summed E-state index contributed by atoms with van der Waals surface area (Å²) >= 11 is 2.56. The van der Waals surface area contributed by atoms with Crippen LogP contribution in [0, 0.1) is 6.92 Å². The van der Waals surface area contributed by atoms with E-state index in [0.717, 1.165) is 16.2 Å². The molecule has 0 aromatic carbocycles. The van der Waals surface area contributed by atoms with Crippen molar-refractivity contribution in [1.29, 1.82) is 0 Å². The second kappa shape index (κ2) is 6.93. The number of hydrogen-bond acceptors (Lipinski definition) is 5. The average Bonchev–Trinajstić information content (AvgIpc) is 3.05. The molecule has 9 heteroatoms. The zero-order valence-corrected chi connectivity index (χ0v) is 13.0. The second-order valence-corrected chi connectivity index (χ2v) is 6.35. The first kappa shape index (κ1) is 16.5. The number of carboxylic acid groups (broad SMARTS) is 1. The van der Waals surface area contributed by atoms with Crippen molar-refractivity contribution in [1.82, 2.24) is 10.3 Å². The van der Waals surface area contributed by atoms with Crippen LogP contribution in [0.15, 0.2) is 17.5 Å². The highest BCUT2D eigenvalue weighted by molar-refractivity contribution is 7.22. The van der Waals surface area contributed by atoms with Gasteiger partial charge in [0.15, 0.2) is 0 Å². The van der Waals surface area contributed by atoms with Crippen molar-refractivity contribution in [2.24, 2.45) is 0 Å². The topological polar surface area (TPSA) is 79.3 Å². The number of nitrogens with zero attached hydrogens (tertiary/aromatic N) is 1. The van der Waals surface area contributed by atoms with Gasteiger partial charge < -0.3 is 10.4 Å². The van der Waals surface area contributed by atoms with E-state index in [4.69, 9.17) is 5.11 Å². The lowest BCUT2D eigenvalue weighted by Gasteiger charge is -2.13. The van der Waals surface area contributed by atoms with Gasteiger partial charge >= 0.3 is 5.97 Å². The van der Waals surface area contributed by atoms with Gasteiger partial charge in [0.05, 0.1) is 10.6 Å². The maximum atomic E-state index is 12.3. The Labute approximate surface area is 132 Å². The fourth-order valence-corrected chi connectivity index (χ4v) is 3.50. The number of aryl methyl sites for hydroxylation is 1. The highest BCUT2D eigenvalue weighted by Gasteiger charge is 2.26. The lowest BCUT2D eigenvalue weighted by molar-refractivity contribution is -0.140. The third kappa shape index (κ3) is 3.86. The molecule has 2 heterocycles. The molecular weight excluding hydrogens is 334 g/mol. The fraction of sp³-hybridized carbons (Fsp3) is 0.308. The monoisotopic (exact) mass is 346 g/mol. The summed E-state index contributed by atoms with van der Waals surface area (Å²) in [5, 5.41) is 13.5. The van der Waals surface area contributed by atoms with Crippen molar-refractivity contribution >= 4 is 34.6 Å². The first-order valence-electron chi connectivity index (χ1n) is 6.21. The largest absolute Gasteiger partial charge is 0.480 e. The van der Waals surface area contributed by atoms with Gasteiger partial charge in [0.25, 0.3) is 5.91 Å². The highest BCUT2D eigenvalue weighted by atomic mass is 32.1. The van der Waals surface area contributed by atoms with Crippen molar-refractivity contribution in [2.75, 3.05) is 0 Å². The predicted octanol–water partition coefficient (Wildman–Crippen LogP) is 3.02. The van der Waals surface area contributed by atoms with Crippen LogP contribution in [-0.4, -0.2) is 34.4 Å². The van der Waals surface area contributed by atoms with E-state index >= 15 is 0 Å². The number of hydrogen-bond donors (Lipinski definition) is 2. The van der Waals surface area contributed by atoms with Gasteiger partial charge in [0.1, 0.15) is 15.9 Å². The molecule has 0 radical (unpaired) electrons. The normalized spacial score (nSPS) is 12.4. The summed E-state index contributed by atoms with van der Waals surface area (Å²) in [4.78, 5) is 28.4. The molecule has 0 saturated carbocycles. The van der Waals surface area contributed by atoms with Gasteiger partial charge in [-0.25, -0.2) is 18.6 Å². The Hall–Kier alpha value is -1.87. The maximum Gasteiger partial charge on any atom is 0.326 e. The number of alkyl halides is 2. The third-order valence-corrected chi connectivity index (χ3v) is 4.95. The van der Waals surface area contributed by atoms with E-state index in [-0.39, 0.29) is 4.88 Å². The Morgan fingerprint density at radius 2 is 2.18 bits per heavy atom. The van der Waals surface area contributed by atoms with Crippen LogP contribution in [-0.2, 0) is 4.79 Å². The zero-order chi connectivity index (χ0) is 16.3. The molecule has 2 aromatic heterocycles. The van der Waals surface area contributed by atoms with Gasteiger partial charge in [-0.2, -0.15) is 0 Å². The number of amides is 1. The Bertz CT molecular complexity index is 671. The predicted molar refractivity (Wildman–Crippen MR) is 79.7 cm³/mol. The average molecular weight is 346 g/mol. The fourth-order valence-electron chi connectivity index (χ4n) is 1.74. The van der Waals surface area contributed by atoms with E-state index in [1.54, 1.807) is 6.92 Å². The van der Waals surface area contributed by atoms with E-state index in [1.165, 1.54) is 11.3 Å². The summed E-state index contributed by atoms with van der Waals surface area (Å²) < 4.78 is 24.7. The summed E-state index contributed by atoms with van der Waals surface area (Å²) in [5.41, 5.74) is 0.437. The zero-order valence-electron chi connectivity index (χ0n) is 11.4. The minimum absolute atomic E-state index is 0.226. The quantitative estimate of drug-likeness (QED) is 0.843. The van der Waals surface area contributed by atoms with E-state index in [2.05, 4.69) is 10.3 Å². The number of nitrogens with one attached hydrogen (secondary N) is 1. The molecule has 0 fully saturated rings. The lowest BCUT2D eigenvalue weighted by atomic mass is 10.2. The molecule has 1 amide bonds. The molecule has 1 unspecified atom stereocenters. The lowest BCUT2D eigenvalue weighted by Crippen LogP contribution is -2.41. The molecule has 2 aromatic rings. The molecule has 0 spiro atoms. The van der Waals surface area contributed by atoms with Crippen LogP contribution in [0.3, 0.4) is 0 Å². The van der Waals surface area contributed by atoms with Gasteiger partial charge in [-0.1, -0.05) is 6.07 Å². The molecule has 5 nitrogen and oxygen atoms in total. The van der Waals surface area contributed by atoms with Crippen molar-refractivity contribution in [3.05, 3.63) is 28.1 Å². The maximum absolute atomic E-state index is 12.3. The number of carboxylic acids is 1. The van der Waals surface area contributed by atoms with Crippen LogP contribution >= 0.6 is 22.7 Å². The molecule has 0 aliphatic rings. The van der Waals surface area contributed by atoms with Crippen LogP contribution in [0.25, 0.3) is 9.88 Å². The minimum atomic E-state index is -2.81. The highest BCUT2D eigenvalue weighted by Crippen LogP contribution is 2.31. The summed E-state index contributed by atoms with van der Waals surface area (Å²) in [5.74, 6) is -2.19. The molecule has 118 valence electrons. The van der Waals surface area contributed by atoms with E-state index in [0.29, 0.717) is 10.7 Å². The smallest absolute Gasteiger partial charge is 0.326 e. The van der Waals surface area contributed by atoms with Crippen LogP contribution < -0.4 is 5.32 Å². The van der Waals surface area contributed by atoms with Crippen molar-refractivity contribution in [3.8, 4) is 9.88 Å². The third-order valence-electron chi connectivity index (χ3n) is 2.75. The summed E-state index contributed by atoms with van der Waals surface area (Å²) in [6.45, 7) is 1.62. The molecule has 0 saturated heterocycles. The number of aromatic nitrogens is 1. The number of aliphatic carboxylic acids is 1. The first-order valence-corrected chi connectivity index (χ1v) is 7.91. The molecule has 2 rings (SSSR count). The van der Waals surface area contributed by atoms with Gasteiger partial charge in [-0.3, -0.25) is 4.79 Å². The molecule has 2 N–H and O–H groups in total. The van der Waals surface area contributed by atoms with Crippen molar-refractivity contribution in [2.45, 2.75) is 25.8 Å². The summed E-state index contributed by atoms with van der Waals surface area (Å²) in [7, 11) is 0. The van der Waals surface area contributed by atoms with Crippen molar-refractivity contribution in [3.63, 3.8) is 0 Å². The summed E-state index contributed by atoms with van der Waals surface area (Å²) in [6.07, 6.45) is -3.75. The second-order valence-electron chi connectivity index (χ2n) is 4.40. The number of carbonyl (C=O) groups is 2. The van der Waals surface area contributed by atoms with Gasteiger partial charge in [-0.15, -0.1) is 22.7 Å². The standard InChI is InChI=1S/C13H12F2N2O3S2/c1-6-10(22-12(16-6)8-3-2-4-21-8)11(18)17-7(13(19)20)5-9(14)15/h2-4,7,9H,5H2,1H3,(H,17,18)(H,19,20). The molecule has 0 aliphatic heterocycles.